The first kappa shape index (κ1) is 16.2. The number of rotatable bonds is 4. The molecule has 1 N–H and O–H groups in total. The number of carbonyl (C=O) groups is 1. The molecule has 0 unspecified atom stereocenters. The minimum Gasteiger partial charge on any atom is -0.448 e. The molecule has 0 aliphatic rings. The van der Waals surface area contributed by atoms with Crippen molar-refractivity contribution in [2.75, 3.05) is 11.9 Å². The van der Waals surface area contributed by atoms with Crippen molar-refractivity contribution >= 4 is 40.1 Å². The second kappa shape index (κ2) is 6.84. The molecule has 0 fully saturated rings. The van der Waals surface area contributed by atoms with Crippen molar-refractivity contribution in [3.63, 3.8) is 0 Å². The monoisotopic (exact) mass is 345 g/mol. The summed E-state index contributed by atoms with van der Waals surface area (Å²) in [6, 6.07) is 7.19. The highest BCUT2D eigenvalue weighted by Crippen LogP contribution is 2.26. The van der Waals surface area contributed by atoms with Crippen LogP contribution in [0.4, 0.5) is 16.3 Å². The number of hydrogen-bond acceptors (Lipinski definition) is 6. The second-order valence-corrected chi connectivity index (χ2v) is 5.94. The van der Waals surface area contributed by atoms with Gasteiger partial charge < -0.3 is 10.1 Å². The van der Waals surface area contributed by atoms with Crippen molar-refractivity contribution in [2.24, 2.45) is 5.92 Å². The average Bonchev–Trinajstić information content (AvgIpc) is 2.98. The summed E-state index contributed by atoms with van der Waals surface area (Å²) in [5, 5.41) is 8.21. The molecule has 1 aromatic carbocycles. The van der Waals surface area contributed by atoms with E-state index in [-0.39, 0.29) is 11.2 Å². The van der Waals surface area contributed by atoms with Gasteiger partial charge in [0.25, 0.3) is 0 Å². The summed E-state index contributed by atoms with van der Waals surface area (Å²) >= 11 is 5.80. The molecule has 0 saturated heterocycles. The van der Waals surface area contributed by atoms with Gasteiger partial charge in [0.2, 0.25) is 5.28 Å². The number of nitrogens with one attached hydrogen (secondary N) is 1. The standard InChI is InChI=1S/C16H16ClN5O2/c1-10(2)9-24-16(23)22-13-5-3-4-12(11(13)8-19-22)20-14-6-7-18-15(17)21-14/h3-8,10H,9H2,1-2H3,(H,18,20,21). The summed E-state index contributed by atoms with van der Waals surface area (Å²) in [6.07, 6.45) is 2.67. The van der Waals surface area contributed by atoms with Crippen LogP contribution in [0.2, 0.25) is 5.28 Å². The molecule has 2 heterocycles. The van der Waals surface area contributed by atoms with E-state index >= 15 is 0 Å². The predicted molar refractivity (Wildman–Crippen MR) is 91.6 cm³/mol. The summed E-state index contributed by atoms with van der Waals surface area (Å²) in [4.78, 5) is 20.1. The molecule has 0 saturated carbocycles. The van der Waals surface area contributed by atoms with Gasteiger partial charge in [0.1, 0.15) is 5.82 Å². The third-order valence-corrected chi connectivity index (χ3v) is 3.40. The molecule has 7 nitrogen and oxygen atoms in total. The Bertz CT molecular complexity index is 878. The molecule has 2 aromatic heterocycles. The van der Waals surface area contributed by atoms with Gasteiger partial charge in [-0.1, -0.05) is 19.9 Å². The Morgan fingerprint density at radius 1 is 1.38 bits per heavy atom. The van der Waals surface area contributed by atoms with Gasteiger partial charge in [-0.15, -0.1) is 0 Å². The Morgan fingerprint density at radius 2 is 2.21 bits per heavy atom. The van der Waals surface area contributed by atoms with Gasteiger partial charge in [-0.05, 0) is 35.7 Å². The van der Waals surface area contributed by atoms with E-state index in [0.717, 1.165) is 11.1 Å². The van der Waals surface area contributed by atoms with Gasteiger partial charge in [-0.2, -0.15) is 9.78 Å². The topological polar surface area (TPSA) is 81.9 Å². The average molecular weight is 346 g/mol. The van der Waals surface area contributed by atoms with Crippen LogP contribution in [0.3, 0.4) is 0 Å². The number of fused-ring (bicyclic) bond motifs is 1. The first-order valence-electron chi connectivity index (χ1n) is 7.44. The van der Waals surface area contributed by atoms with Crippen molar-refractivity contribution in [3.05, 3.63) is 41.9 Å². The van der Waals surface area contributed by atoms with Crippen molar-refractivity contribution in [1.29, 1.82) is 0 Å². The lowest BCUT2D eigenvalue weighted by Gasteiger charge is -2.09. The van der Waals surface area contributed by atoms with Crippen molar-refractivity contribution < 1.29 is 9.53 Å². The molecular weight excluding hydrogens is 330 g/mol. The quantitative estimate of drug-likeness (QED) is 0.723. The maximum atomic E-state index is 12.2. The molecule has 0 spiro atoms. The van der Waals surface area contributed by atoms with Gasteiger partial charge in [0, 0.05) is 11.6 Å². The largest absolute Gasteiger partial charge is 0.448 e. The van der Waals surface area contributed by atoms with Crippen molar-refractivity contribution in [1.82, 2.24) is 19.7 Å². The molecule has 3 aromatic rings. The molecule has 0 radical (unpaired) electrons. The number of halogens is 1. The van der Waals surface area contributed by atoms with Crippen LogP contribution in [0.5, 0.6) is 0 Å². The van der Waals surface area contributed by atoms with E-state index < -0.39 is 6.09 Å². The fourth-order valence-electron chi connectivity index (χ4n) is 2.15. The smallest absolute Gasteiger partial charge is 0.435 e. The van der Waals surface area contributed by atoms with Crippen molar-refractivity contribution in [3.8, 4) is 0 Å². The third-order valence-electron chi connectivity index (χ3n) is 3.22. The molecule has 0 atom stereocenters. The maximum absolute atomic E-state index is 12.2. The Kier molecular flexibility index (Phi) is 4.61. The van der Waals surface area contributed by atoms with Crippen LogP contribution in [0.1, 0.15) is 13.8 Å². The van der Waals surface area contributed by atoms with E-state index in [0.29, 0.717) is 17.9 Å². The number of aromatic nitrogens is 4. The zero-order chi connectivity index (χ0) is 17.1. The van der Waals surface area contributed by atoms with Gasteiger partial charge in [0.05, 0.1) is 24.0 Å². The van der Waals surface area contributed by atoms with E-state index in [2.05, 4.69) is 20.4 Å². The van der Waals surface area contributed by atoms with Crippen LogP contribution in [-0.4, -0.2) is 32.4 Å². The zero-order valence-corrected chi connectivity index (χ0v) is 14.0. The summed E-state index contributed by atoms with van der Waals surface area (Å²) in [6.45, 7) is 4.30. The summed E-state index contributed by atoms with van der Waals surface area (Å²) in [7, 11) is 0. The maximum Gasteiger partial charge on any atom is 0.435 e. The summed E-state index contributed by atoms with van der Waals surface area (Å²) in [5.41, 5.74) is 1.40. The molecule has 3 rings (SSSR count). The Hall–Kier alpha value is -2.67. The Labute approximate surface area is 143 Å². The fraction of sp³-hybridized carbons (Fsp3) is 0.250. The van der Waals surface area contributed by atoms with E-state index in [1.807, 2.05) is 26.0 Å². The van der Waals surface area contributed by atoms with Crippen LogP contribution in [0.25, 0.3) is 10.9 Å². The highest BCUT2D eigenvalue weighted by Gasteiger charge is 2.14. The SMILES string of the molecule is CC(C)COC(=O)n1ncc2c(Nc3ccnc(Cl)n3)cccc21. The molecular formula is C16H16ClN5O2. The van der Waals surface area contributed by atoms with Gasteiger partial charge in [0.15, 0.2) is 0 Å². The normalized spacial score (nSPS) is 11.0. The highest BCUT2D eigenvalue weighted by molar-refractivity contribution is 6.28. The first-order valence-corrected chi connectivity index (χ1v) is 7.82. The third kappa shape index (κ3) is 3.46. The lowest BCUT2D eigenvalue weighted by molar-refractivity contribution is 0.132. The molecule has 0 amide bonds. The fourth-order valence-corrected chi connectivity index (χ4v) is 2.29. The van der Waals surface area contributed by atoms with Gasteiger partial charge in [-0.25, -0.2) is 14.8 Å². The summed E-state index contributed by atoms with van der Waals surface area (Å²) < 4.78 is 6.48. The predicted octanol–water partition coefficient (Wildman–Crippen LogP) is 3.86. The number of anilines is 2. The van der Waals surface area contributed by atoms with E-state index in [9.17, 15) is 4.79 Å². The van der Waals surface area contributed by atoms with Crippen LogP contribution in [-0.2, 0) is 4.74 Å². The van der Waals surface area contributed by atoms with Crippen LogP contribution in [0.15, 0.2) is 36.7 Å². The number of benzene rings is 1. The molecule has 8 heteroatoms. The zero-order valence-electron chi connectivity index (χ0n) is 13.2. The van der Waals surface area contributed by atoms with Crippen LogP contribution >= 0.6 is 11.6 Å². The van der Waals surface area contributed by atoms with E-state index in [4.69, 9.17) is 16.3 Å². The lowest BCUT2D eigenvalue weighted by Crippen LogP contribution is -2.17. The van der Waals surface area contributed by atoms with E-state index in [1.54, 1.807) is 24.5 Å². The highest BCUT2D eigenvalue weighted by atomic mass is 35.5. The number of hydrogen-bond donors (Lipinski definition) is 1. The lowest BCUT2D eigenvalue weighted by atomic mass is 10.2. The molecule has 0 aliphatic carbocycles. The Morgan fingerprint density at radius 3 is 2.96 bits per heavy atom. The molecule has 124 valence electrons. The molecule has 24 heavy (non-hydrogen) atoms. The first-order chi connectivity index (χ1) is 11.5. The summed E-state index contributed by atoms with van der Waals surface area (Å²) in [5.74, 6) is 0.813. The number of ether oxygens (including phenoxy) is 1. The Balaban J connectivity index is 1.90. The molecule has 0 bridgehead atoms. The van der Waals surface area contributed by atoms with Crippen molar-refractivity contribution in [2.45, 2.75) is 13.8 Å². The molecule has 0 aliphatic heterocycles. The minimum atomic E-state index is -0.499. The van der Waals surface area contributed by atoms with Crippen LogP contribution < -0.4 is 5.32 Å². The minimum absolute atomic E-state index is 0.153. The second-order valence-electron chi connectivity index (χ2n) is 5.60. The van der Waals surface area contributed by atoms with Gasteiger partial charge >= 0.3 is 6.09 Å². The van der Waals surface area contributed by atoms with Gasteiger partial charge in [-0.3, -0.25) is 0 Å². The van der Waals surface area contributed by atoms with E-state index in [1.165, 1.54) is 4.68 Å². The van der Waals surface area contributed by atoms with Crippen LogP contribution in [0, 0.1) is 5.92 Å². The number of nitrogens with zero attached hydrogens (tertiary/aromatic N) is 4. The number of carbonyl (C=O) groups excluding carboxylic acids is 1.